The fraction of sp³-hybridized carbons (Fsp3) is 0.0714. The summed E-state index contributed by atoms with van der Waals surface area (Å²) in [6.07, 6.45) is 5.02. The number of thioether (sulfide) groups is 1. The fourth-order valence-corrected chi connectivity index (χ4v) is 3.03. The van der Waals surface area contributed by atoms with Crippen LogP contribution in [-0.4, -0.2) is 20.1 Å². The zero-order chi connectivity index (χ0) is 13.9. The maximum Gasteiger partial charge on any atom is 0.266 e. The van der Waals surface area contributed by atoms with Crippen molar-refractivity contribution in [2.24, 2.45) is 0 Å². The van der Waals surface area contributed by atoms with E-state index in [1.165, 1.54) is 16.7 Å². The quantitative estimate of drug-likeness (QED) is 0.644. The lowest BCUT2D eigenvalue weighted by Gasteiger charge is -2.11. The topological polar surface area (TPSA) is 46.3 Å². The second-order valence-electron chi connectivity index (χ2n) is 4.10. The molecule has 1 saturated heterocycles. The summed E-state index contributed by atoms with van der Waals surface area (Å²) in [6, 6.07) is 9.17. The molecular formula is C14H10N2O2S2. The molecule has 6 heteroatoms. The molecular weight excluding hydrogens is 292 g/mol. The zero-order valence-electron chi connectivity index (χ0n) is 10.4. The van der Waals surface area contributed by atoms with E-state index in [1.54, 1.807) is 24.6 Å². The second kappa shape index (κ2) is 5.60. The molecule has 0 aliphatic carbocycles. The molecule has 3 rings (SSSR count). The van der Waals surface area contributed by atoms with Gasteiger partial charge in [-0.15, -0.1) is 0 Å². The standard InChI is InChI=1S/C14H10N2O2S2/c17-13-12(8-10-4-1-2-6-15-10)20-14(19)16(13)9-11-5-3-7-18-11/h1-8H,9H2. The summed E-state index contributed by atoms with van der Waals surface area (Å²) in [5.41, 5.74) is 0.742. The van der Waals surface area contributed by atoms with Gasteiger partial charge in [-0.3, -0.25) is 14.7 Å². The first kappa shape index (κ1) is 13.1. The minimum atomic E-state index is -0.109. The predicted octanol–water partition coefficient (Wildman–Crippen LogP) is 3.08. The minimum Gasteiger partial charge on any atom is -0.467 e. The highest BCUT2D eigenvalue weighted by atomic mass is 32.2. The normalized spacial score (nSPS) is 17.2. The van der Waals surface area contributed by atoms with Crippen molar-refractivity contribution in [1.82, 2.24) is 9.88 Å². The van der Waals surface area contributed by atoms with Crippen molar-refractivity contribution in [3.63, 3.8) is 0 Å². The summed E-state index contributed by atoms with van der Waals surface area (Å²) < 4.78 is 5.79. The summed E-state index contributed by atoms with van der Waals surface area (Å²) >= 11 is 6.53. The minimum absolute atomic E-state index is 0.109. The average Bonchev–Trinajstić information content (AvgIpc) is 3.05. The molecule has 1 aliphatic rings. The number of nitrogens with zero attached hydrogens (tertiary/aromatic N) is 2. The molecule has 0 unspecified atom stereocenters. The van der Waals surface area contributed by atoms with Gasteiger partial charge in [0, 0.05) is 6.20 Å². The van der Waals surface area contributed by atoms with E-state index in [4.69, 9.17) is 16.6 Å². The molecule has 0 aromatic carbocycles. The first-order valence-corrected chi connectivity index (χ1v) is 7.15. The van der Waals surface area contributed by atoms with Crippen LogP contribution in [0.2, 0.25) is 0 Å². The molecule has 2 aromatic rings. The molecule has 0 saturated carbocycles. The molecule has 1 amide bonds. The molecule has 0 bridgehead atoms. The summed E-state index contributed by atoms with van der Waals surface area (Å²) in [5.74, 6) is 0.599. The van der Waals surface area contributed by atoms with Crippen LogP contribution in [0.3, 0.4) is 0 Å². The van der Waals surface area contributed by atoms with Gasteiger partial charge in [0.1, 0.15) is 10.1 Å². The van der Waals surface area contributed by atoms with Crippen LogP contribution in [0.25, 0.3) is 6.08 Å². The van der Waals surface area contributed by atoms with Gasteiger partial charge in [-0.1, -0.05) is 30.0 Å². The van der Waals surface area contributed by atoms with Crippen LogP contribution >= 0.6 is 24.0 Å². The Labute approximate surface area is 125 Å². The van der Waals surface area contributed by atoms with E-state index in [-0.39, 0.29) is 5.91 Å². The van der Waals surface area contributed by atoms with Crippen molar-refractivity contribution < 1.29 is 9.21 Å². The molecule has 0 radical (unpaired) electrons. The van der Waals surface area contributed by atoms with E-state index >= 15 is 0 Å². The monoisotopic (exact) mass is 302 g/mol. The molecule has 20 heavy (non-hydrogen) atoms. The number of carbonyl (C=O) groups is 1. The Morgan fingerprint density at radius 1 is 1.35 bits per heavy atom. The molecule has 2 aromatic heterocycles. The van der Waals surface area contributed by atoms with Crippen LogP contribution in [0.15, 0.2) is 52.1 Å². The van der Waals surface area contributed by atoms with Gasteiger partial charge in [0.05, 0.1) is 23.4 Å². The molecule has 100 valence electrons. The van der Waals surface area contributed by atoms with Gasteiger partial charge in [-0.05, 0) is 30.3 Å². The highest BCUT2D eigenvalue weighted by molar-refractivity contribution is 8.26. The Morgan fingerprint density at radius 2 is 2.25 bits per heavy atom. The molecule has 1 aliphatic heterocycles. The van der Waals surface area contributed by atoms with Crippen molar-refractivity contribution >= 4 is 40.3 Å². The maximum atomic E-state index is 12.3. The lowest BCUT2D eigenvalue weighted by atomic mass is 10.3. The van der Waals surface area contributed by atoms with E-state index in [0.29, 0.717) is 21.5 Å². The van der Waals surface area contributed by atoms with Crippen LogP contribution in [0.1, 0.15) is 11.5 Å². The summed E-state index contributed by atoms with van der Waals surface area (Å²) in [5, 5.41) is 0. The number of carbonyl (C=O) groups excluding carboxylic acids is 1. The number of furan rings is 1. The lowest BCUT2D eigenvalue weighted by Crippen LogP contribution is -2.27. The van der Waals surface area contributed by atoms with Gasteiger partial charge in [0.2, 0.25) is 0 Å². The first-order chi connectivity index (χ1) is 9.74. The lowest BCUT2D eigenvalue weighted by molar-refractivity contribution is -0.122. The Hall–Kier alpha value is -1.92. The molecule has 1 fully saturated rings. The summed E-state index contributed by atoms with van der Waals surface area (Å²) in [7, 11) is 0. The average molecular weight is 302 g/mol. The Kier molecular flexibility index (Phi) is 3.66. The molecule has 3 heterocycles. The largest absolute Gasteiger partial charge is 0.467 e. The molecule has 4 nitrogen and oxygen atoms in total. The Bertz CT molecular complexity index is 666. The van der Waals surface area contributed by atoms with Crippen LogP contribution in [0.4, 0.5) is 0 Å². The van der Waals surface area contributed by atoms with Gasteiger partial charge >= 0.3 is 0 Å². The van der Waals surface area contributed by atoms with Crippen LogP contribution in [0, 0.1) is 0 Å². The fourth-order valence-electron chi connectivity index (χ4n) is 1.79. The second-order valence-corrected chi connectivity index (χ2v) is 5.78. The van der Waals surface area contributed by atoms with Crippen LogP contribution in [-0.2, 0) is 11.3 Å². The van der Waals surface area contributed by atoms with E-state index in [2.05, 4.69) is 4.98 Å². The smallest absolute Gasteiger partial charge is 0.266 e. The third-order valence-corrected chi connectivity index (χ3v) is 4.11. The van der Waals surface area contributed by atoms with Gasteiger partial charge in [-0.25, -0.2) is 0 Å². The summed E-state index contributed by atoms with van der Waals surface area (Å²) in [4.78, 5) is 18.6. The predicted molar refractivity (Wildman–Crippen MR) is 81.7 cm³/mol. The van der Waals surface area contributed by atoms with Crippen LogP contribution in [0.5, 0.6) is 0 Å². The van der Waals surface area contributed by atoms with Gasteiger partial charge < -0.3 is 4.42 Å². The number of rotatable bonds is 3. The SMILES string of the molecule is O=C1C(=Cc2ccccn2)SC(=S)N1Cc1ccco1. The number of thiocarbonyl (C=S) groups is 1. The van der Waals surface area contributed by atoms with Gasteiger partial charge in [0.25, 0.3) is 5.91 Å². The molecule has 0 N–H and O–H groups in total. The first-order valence-electron chi connectivity index (χ1n) is 5.93. The molecule has 0 spiro atoms. The number of hydrogen-bond donors (Lipinski definition) is 0. The number of hydrogen-bond acceptors (Lipinski definition) is 5. The summed E-state index contributed by atoms with van der Waals surface area (Å²) in [6.45, 7) is 0.358. The molecule has 0 atom stereocenters. The number of amides is 1. The maximum absolute atomic E-state index is 12.3. The number of aromatic nitrogens is 1. The van der Waals surface area contributed by atoms with E-state index < -0.39 is 0 Å². The zero-order valence-corrected chi connectivity index (χ0v) is 12.0. The highest BCUT2D eigenvalue weighted by Crippen LogP contribution is 2.33. The van der Waals surface area contributed by atoms with Crippen molar-refractivity contribution in [2.45, 2.75) is 6.54 Å². The van der Waals surface area contributed by atoms with Crippen molar-refractivity contribution in [3.05, 3.63) is 59.2 Å². The highest BCUT2D eigenvalue weighted by Gasteiger charge is 2.32. The Morgan fingerprint density at radius 3 is 2.95 bits per heavy atom. The third-order valence-electron chi connectivity index (χ3n) is 2.73. The number of pyridine rings is 1. The van der Waals surface area contributed by atoms with Gasteiger partial charge in [-0.2, -0.15) is 0 Å². The van der Waals surface area contributed by atoms with E-state index in [1.807, 2.05) is 24.3 Å². The van der Waals surface area contributed by atoms with Crippen molar-refractivity contribution in [2.75, 3.05) is 0 Å². The van der Waals surface area contributed by atoms with Gasteiger partial charge in [0.15, 0.2) is 0 Å². The van der Waals surface area contributed by atoms with Crippen LogP contribution < -0.4 is 0 Å². The Balaban J connectivity index is 1.82. The van der Waals surface area contributed by atoms with E-state index in [0.717, 1.165) is 5.69 Å². The van der Waals surface area contributed by atoms with E-state index in [9.17, 15) is 4.79 Å². The third kappa shape index (κ3) is 2.66. The van der Waals surface area contributed by atoms with Crippen molar-refractivity contribution in [1.29, 1.82) is 0 Å². The van der Waals surface area contributed by atoms with Crippen molar-refractivity contribution in [3.8, 4) is 0 Å².